The number of esters is 1. The van der Waals surface area contributed by atoms with Crippen LogP contribution in [0, 0.1) is 5.92 Å². The molecule has 1 aliphatic carbocycles. The summed E-state index contributed by atoms with van der Waals surface area (Å²) < 4.78 is 4.63. The molecule has 0 radical (unpaired) electrons. The summed E-state index contributed by atoms with van der Waals surface area (Å²) in [7, 11) is 1.32. The van der Waals surface area contributed by atoms with E-state index < -0.39 is 5.97 Å². The van der Waals surface area contributed by atoms with Gasteiger partial charge in [0, 0.05) is 12.1 Å². The minimum absolute atomic E-state index is 0.190. The van der Waals surface area contributed by atoms with Crippen molar-refractivity contribution in [2.75, 3.05) is 7.11 Å². The Kier molecular flexibility index (Phi) is 4.75. The normalized spacial score (nSPS) is 23.1. The van der Waals surface area contributed by atoms with Crippen molar-refractivity contribution >= 4 is 17.6 Å². The first-order valence-corrected chi connectivity index (χ1v) is 7.14. The number of aromatic nitrogens is 2. The third-order valence-electron chi connectivity index (χ3n) is 3.89. The van der Waals surface area contributed by atoms with Gasteiger partial charge in [0.15, 0.2) is 0 Å². The van der Waals surface area contributed by atoms with Crippen molar-refractivity contribution in [1.82, 2.24) is 9.97 Å². The Balaban J connectivity index is 2.17. The van der Waals surface area contributed by atoms with Gasteiger partial charge >= 0.3 is 5.97 Å². The summed E-state index contributed by atoms with van der Waals surface area (Å²) in [5.74, 6) is 1.38. The molecule has 0 spiro atoms. The van der Waals surface area contributed by atoms with Crippen molar-refractivity contribution < 1.29 is 9.53 Å². The van der Waals surface area contributed by atoms with E-state index in [0.717, 1.165) is 24.6 Å². The van der Waals surface area contributed by atoms with Gasteiger partial charge in [-0.25, -0.2) is 14.8 Å². The van der Waals surface area contributed by atoms with Crippen LogP contribution in [0.3, 0.4) is 0 Å². The molecule has 0 bridgehead atoms. The highest BCUT2D eigenvalue weighted by Crippen LogP contribution is 2.36. The Morgan fingerprint density at radius 2 is 2.32 bits per heavy atom. The second-order valence-corrected chi connectivity index (χ2v) is 5.42. The molecule has 1 fully saturated rings. The fourth-order valence-corrected chi connectivity index (χ4v) is 2.93. The standard InChI is InChI=1S/C14H19ClN2O2/c1-3-9-5-4-6-10(7-9)13-16-8-11(12(15)17-13)14(18)19-2/h8-10H,3-7H2,1-2H3. The van der Waals surface area contributed by atoms with E-state index in [4.69, 9.17) is 11.6 Å². The number of carbonyl (C=O) groups excluding carboxylic acids is 1. The quantitative estimate of drug-likeness (QED) is 0.628. The predicted molar refractivity (Wildman–Crippen MR) is 73.4 cm³/mol. The first kappa shape index (κ1) is 14.3. The smallest absolute Gasteiger partial charge is 0.342 e. The lowest BCUT2D eigenvalue weighted by atomic mass is 9.80. The zero-order valence-corrected chi connectivity index (χ0v) is 12.1. The number of nitrogens with zero attached hydrogens (tertiary/aromatic N) is 2. The lowest BCUT2D eigenvalue weighted by molar-refractivity contribution is 0.0600. The van der Waals surface area contributed by atoms with E-state index in [2.05, 4.69) is 21.6 Å². The fraction of sp³-hybridized carbons (Fsp3) is 0.643. The molecule has 104 valence electrons. The minimum Gasteiger partial charge on any atom is -0.465 e. The van der Waals surface area contributed by atoms with Crippen molar-refractivity contribution in [3.8, 4) is 0 Å². The van der Waals surface area contributed by atoms with Crippen LogP contribution in [0.15, 0.2) is 6.20 Å². The molecule has 2 rings (SSSR count). The largest absolute Gasteiger partial charge is 0.465 e. The number of halogens is 1. The molecular weight excluding hydrogens is 264 g/mol. The van der Waals surface area contributed by atoms with E-state index in [-0.39, 0.29) is 10.7 Å². The molecule has 0 aromatic carbocycles. The highest BCUT2D eigenvalue weighted by atomic mass is 35.5. The molecule has 2 unspecified atom stereocenters. The number of rotatable bonds is 3. The summed E-state index contributed by atoms with van der Waals surface area (Å²) in [6, 6.07) is 0. The number of ether oxygens (including phenoxy) is 1. The third kappa shape index (κ3) is 3.24. The van der Waals surface area contributed by atoms with E-state index in [9.17, 15) is 4.79 Å². The van der Waals surface area contributed by atoms with Crippen LogP contribution in [0.25, 0.3) is 0 Å². The first-order valence-electron chi connectivity index (χ1n) is 6.76. The highest BCUT2D eigenvalue weighted by molar-refractivity contribution is 6.32. The molecular formula is C14H19ClN2O2. The molecule has 1 aromatic rings. The number of methoxy groups -OCH3 is 1. The first-order chi connectivity index (χ1) is 9.15. The Bertz CT molecular complexity index is 465. The minimum atomic E-state index is -0.494. The van der Waals surface area contributed by atoms with E-state index in [1.165, 1.54) is 32.6 Å². The van der Waals surface area contributed by atoms with Crippen LogP contribution in [-0.2, 0) is 4.74 Å². The van der Waals surface area contributed by atoms with Crippen molar-refractivity contribution in [2.24, 2.45) is 5.92 Å². The molecule has 1 saturated carbocycles. The number of carbonyl (C=O) groups is 1. The van der Waals surface area contributed by atoms with Crippen LogP contribution in [0.2, 0.25) is 5.15 Å². The van der Waals surface area contributed by atoms with Gasteiger partial charge in [-0.1, -0.05) is 37.8 Å². The molecule has 1 aromatic heterocycles. The van der Waals surface area contributed by atoms with Gasteiger partial charge in [-0.15, -0.1) is 0 Å². The Morgan fingerprint density at radius 3 is 2.95 bits per heavy atom. The summed E-state index contributed by atoms with van der Waals surface area (Å²) in [6.07, 6.45) is 7.40. The molecule has 2 atom stereocenters. The molecule has 5 heteroatoms. The van der Waals surface area contributed by atoms with Crippen LogP contribution in [0.5, 0.6) is 0 Å². The molecule has 1 heterocycles. The van der Waals surface area contributed by atoms with Gasteiger partial charge < -0.3 is 4.74 Å². The summed E-state index contributed by atoms with van der Waals surface area (Å²) in [6.45, 7) is 2.22. The van der Waals surface area contributed by atoms with Gasteiger partial charge in [-0.2, -0.15) is 0 Å². The molecule has 0 amide bonds. The van der Waals surface area contributed by atoms with Crippen LogP contribution in [-0.4, -0.2) is 23.0 Å². The second-order valence-electron chi connectivity index (χ2n) is 5.06. The van der Waals surface area contributed by atoms with Gasteiger partial charge in [-0.05, 0) is 18.8 Å². The van der Waals surface area contributed by atoms with Gasteiger partial charge in [0.1, 0.15) is 16.5 Å². The monoisotopic (exact) mass is 282 g/mol. The van der Waals surface area contributed by atoms with Crippen molar-refractivity contribution in [1.29, 1.82) is 0 Å². The summed E-state index contributed by atoms with van der Waals surface area (Å²) in [5.41, 5.74) is 0.232. The van der Waals surface area contributed by atoms with Crippen LogP contribution >= 0.6 is 11.6 Å². The van der Waals surface area contributed by atoms with E-state index >= 15 is 0 Å². The topological polar surface area (TPSA) is 52.1 Å². The Labute approximate surface area is 118 Å². The summed E-state index contributed by atoms with van der Waals surface area (Å²) in [5, 5.41) is 0.190. The predicted octanol–water partition coefficient (Wildman–Crippen LogP) is 3.60. The molecule has 4 nitrogen and oxygen atoms in total. The zero-order chi connectivity index (χ0) is 13.8. The Hall–Kier alpha value is -1.16. The number of hydrogen-bond acceptors (Lipinski definition) is 4. The molecule has 0 aliphatic heterocycles. The lowest BCUT2D eigenvalue weighted by Crippen LogP contribution is -2.16. The maximum atomic E-state index is 11.4. The summed E-state index contributed by atoms with van der Waals surface area (Å²) in [4.78, 5) is 20.0. The van der Waals surface area contributed by atoms with E-state index in [0.29, 0.717) is 5.92 Å². The van der Waals surface area contributed by atoms with E-state index in [1.54, 1.807) is 0 Å². The van der Waals surface area contributed by atoms with Gasteiger partial charge in [-0.3, -0.25) is 0 Å². The third-order valence-corrected chi connectivity index (χ3v) is 4.18. The Morgan fingerprint density at radius 1 is 1.53 bits per heavy atom. The molecule has 1 aliphatic rings. The lowest BCUT2D eigenvalue weighted by Gasteiger charge is -2.27. The maximum Gasteiger partial charge on any atom is 0.342 e. The number of hydrogen-bond donors (Lipinski definition) is 0. The molecule has 0 saturated heterocycles. The van der Waals surface area contributed by atoms with Crippen LogP contribution in [0.4, 0.5) is 0 Å². The maximum absolute atomic E-state index is 11.4. The second kappa shape index (κ2) is 6.33. The molecule has 19 heavy (non-hydrogen) atoms. The van der Waals surface area contributed by atoms with Gasteiger partial charge in [0.2, 0.25) is 0 Å². The van der Waals surface area contributed by atoms with Crippen LogP contribution in [0.1, 0.15) is 61.1 Å². The van der Waals surface area contributed by atoms with Crippen molar-refractivity contribution in [3.63, 3.8) is 0 Å². The van der Waals surface area contributed by atoms with Gasteiger partial charge in [0.25, 0.3) is 0 Å². The SMILES string of the molecule is CCC1CCCC(c2ncc(C(=O)OC)c(Cl)n2)C1. The van der Waals surface area contributed by atoms with Crippen molar-refractivity contribution in [3.05, 3.63) is 22.7 Å². The van der Waals surface area contributed by atoms with Gasteiger partial charge in [0.05, 0.1) is 7.11 Å². The highest BCUT2D eigenvalue weighted by Gasteiger charge is 2.25. The molecule has 0 N–H and O–H groups in total. The van der Waals surface area contributed by atoms with Crippen LogP contribution < -0.4 is 0 Å². The zero-order valence-electron chi connectivity index (χ0n) is 11.4. The average molecular weight is 283 g/mol. The van der Waals surface area contributed by atoms with Crippen molar-refractivity contribution in [2.45, 2.75) is 44.9 Å². The summed E-state index contributed by atoms with van der Waals surface area (Å²) >= 11 is 6.04. The fourth-order valence-electron chi connectivity index (χ4n) is 2.71. The average Bonchev–Trinajstić information content (AvgIpc) is 2.46. The van der Waals surface area contributed by atoms with E-state index in [1.807, 2.05) is 0 Å².